The minimum atomic E-state index is 0.209. The molecule has 1 aliphatic carbocycles. The van der Waals surface area contributed by atoms with Crippen LogP contribution in [-0.2, 0) is 0 Å². The number of fused-ring (bicyclic) bond motifs is 1. The fourth-order valence-corrected chi connectivity index (χ4v) is 3.76. The first-order valence-electron chi connectivity index (χ1n) is 7.53. The zero-order chi connectivity index (χ0) is 16.5. The van der Waals surface area contributed by atoms with Gasteiger partial charge in [0.15, 0.2) is 0 Å². The Morgan fingerprint density at radius 2 is 2.21 bits per heavy atom. The van der Waals surface area contributed by atoms with Crippen molar-refractivity contribution in [2.75, 3.05) is 5.32 Å². The third-order valence-electron chi connectivity index (χ3n) is 3.93. The van der Waals surface area contributed by atoms with Crippen molar-refractivity contribution in [3.05, 3.63) is 35.9 Å². The van der Waals surface area contributed by atoms with Gasteiger partial charge in [0, 0.05) is 5.39 Å². The van der Waals surface area contributed by atoms with Crippen LogP contribution in [0, 0.1) is 0 Å². The summed E-state index contributed by atoms with van der Waals surface area (Å²) in [5.41, 5.74) is 1.64. The summed E-state index contributed by atoms with van der Waals surface area (Å²) in [5.74, 6) is 1.49. The summed E-state index contributed by atoms with van der Waals surface area (Å²) in [6.07, 6.45) is 8.06. The van der Waals surface area contributed by atoms with Crippen molar-refractivity contribution in [1.29, 1.82) is 0 Å². The summed E-state index contributed by atoms with van der Waals surface area (Å²) in [6, 6.07) is 5.82. The largest absolute Gasteiger partial charge is 0.490 e. The molecule has 4 rings (SSSR count). The Morgan fingerprint density at radius 3 is 2.92 bits per heavy atom. The van der Waals surface area contributed by atoms with Crippen LogP contribution in [0.15, 0.2) is 30.6 Å². The van der Waals surface area contributed by atoms with Gasteiger partial charge in [0.05, 0.1) is 36.1 Å². The van der Waals surface area contributed by atoms with E-state index in [1.54, 1.807) is 6.20 Å². The SMILES string of the molecule is Clc1nc(Nc2cnn(PI)c2)c2cc(OC3CCC3)ccc2n1. The minimum absolute atomic E-state index is 0.209. The molecule has 0 radical (unpaired) electrons. The molecule has 2 heterocycles. The number of hydrogen-bond donors (Lipinski definition) is 1. The average molecular weight is 474 g/mol. The highest BCUT2D eigenvalue weighted by molar-refractivity contribution is 14.2. The van der Waals surface area contributed by atoms with Gasteiger partial charge in [-0.15, -0.1) is 0 Å². The van der Waals surface area contributed by atoms with E-state index in [0.717, 1.165) is 35.2 Å². The van der Waals surface area contributed by atoms with Crippen LogP contribution < -0.4 is 10.1 Å². The van der Waals surface area contributed by atoms with E-state index in [1.807, 2.05) is 28.8 Å². The molecular formula is C15H14ClIN5OP. The van der Waals surface area contributed by atoms with Crippen LogP contribution in [0.4, 0.5) is 11.5 Å². The van der Waals surface area contributed by atoms with Crippen LogP contribution in [0.25, 0.3) is 10.9 Å². The minimum Gasteiger partial charge on any atom is -0.490 e. The summed E-state index contributed by atoms with van der Waals surface area (Å²) in [4.78, 5) is 8.63. The highest BCUT2D eigenvalue weighted by Gasteiger charge is 2.19. The van der Waals surface area contributed by atoms with Crippen molar-refractivity contribution in [3.8, 4) is 5.75 Å². The van der Waals surface area contributed by atoms with Gasteiger partial charge in [-0.25, -0.2) is 9.44 Å². The lowest BCUT2D eigenvalue weighted by atomic mass is 9.96. The summed E-state index contributed by atoms with van der Waals surface area (Å²) < 4.78 is 7.84. The molecule has 1 saturated carbocycles. The predicted molar refractivity (Wildman–Crippen MR) is 106 cm³/mol. The summed E-state index contributed by atoms with van der Waals surface area (Å²) in [6.45, 7) is 0. The van der Waals surface area contributed by atoms with E-state index in [4.69, 9.17) is 16.3 Å². The third-order valence-corrected chi connectivity index (χ3v) is 6.00. The highest BCUT2D eigenvalue weighted by Crippen LogP contribution is 2.32. The van der Waals surface area contributed by atoms with E-state index < -0.39 is 0 Å². The Kier molecular flexibility index (Phi) is 4.74. The molecule has 2 aromatic heterocycles. The first kappa shape index (κ1) is 16.3. The molecule has 9 heteroatoms. The Balaban J connectivity index is 1.69. The molecule has 3 aromatic rings. The number of aromatic nitrogens is 4. The van der Waals surface area contributed by atoms with Crippen LogP contribution in [0.3, 0.4) is 0 Å². The van der Waals surface area contributed by atoms with E-state index in [-0.39, 0.29) is 5.28 Å². The maximum absolute atomic E-state index is 6.06. The number of anilines is 2. The van der Waals surface area contributed by atoms with Crippen molar-refractivity contribution >= 4 is 62.4 Å². The molecule has 0 spiro atoms. The molecule has 24 heavy (non-hydrogen) atoms. The fraction of sp³-hybridized carbons (Fsp3) is 0.267. The number of halogens is 2. The van der Waals surface area contributed by atoms with Crippen LogP contribution in [0.2, 0.25) is 5.28 Å². The number of ether oxygens (including phenoxy) is 1. The highest BCUT2D eigenvalue weighted by atomic mass is 127. The number of benzene rings is 1. The van der Waals surface area contributed by atoms with Crippen molar-refractivity contribution in [1.82, 2.24) is 19.5 Å². The second kappa shape index (κ2) is 6.98. The molecular weight excluding hydrogens is 460 g/mol. The van der Waals surface area contributed by atoms with Crippen LogP contribution in [-0.4, -0.2) is 25.6 Å². The summed E-state index contributed by atoms with van der Waals surface area (Å²) in [7, 11) is 0. The number of nitrogens with one attached hydrogen (secondary N) is 1. The van der Waals surface area contributed by atoms with Gasteiger partial charge in [0.2, 0.25) is 5.28 Å². The Morgan fingerprint density at radius 1 is 1.33 bits per heavy atom. The van der Waals surface area contributed by atoms with Crippen molar-refractivity contribution < 1.29 is 4.74 Å². The van der Waals surface area contributed by atoms with E-state index in [9.17, 15) is 0 Å². The topological polar surface area (TPSA) is 64.9 Å². The first-order valence-corrected chi connectivity index (χ1v) is 12.0. The van der Waals surface area contributed by atoms with Crippen molar-refractivity contribution in [3.63, 3.8) is 0 Å². The standard InChI is InChI=1S/C15H14ClIN5OP/c16-15-20-13-5-4-11(23-10-2-1-3-10)6-12(13)14(21-15)19-9-7-18-22(8-9)24-17/h4-8,10,24H,1-3H2,(H,19,20,21). The Hall–Kier alpha value is -1.18. The molecule has 0 aliphatic heterocycles. The number of hydrogen-bond acceptors (Lipinski definition) is 5. The van der Waals surface area contributed by atoms with Gasteiger partial charge < -0.3 is 10.1 Å². The fourth-order valence-electron chi connectivity index (χ4n) is 2.50. The molecule has 6 nitrogen and oxygen atoms in total. The maximum Gasteiger partial charge on any atom is 0.224 e. The van der Waals surface area contributed by atoms with E-state index in [1.165, 1.54) is 6.42 Å². The quantitative estimate of drug-likeness (QED) is 0.323. The van der Waals surface area contributed by atoms with Gasteiger partial charge in [0.1, 0.15) is 11.6 Å². The zero-order valence-electron chi connectivity index (χ0n) is 12.5. The van der Waals surface area contributed by atoms with E-state index >= 15 is 0 Å². The molecule has 0 bridgehead atoms. The normalized spacial score (nSPS) is 15.1. The molecule has 0 saturated heterocycles. The van der Waals surface area contributed by atoms with Crippen LogP contribution in [0.5, 0.6) is 5.75 Å². The number of nitrogens with zero attached hydrogens (tertiary/aromatic N) is 4. The summed E-state index contributed by atoms with van der Waals surface area (Å²) >= 11 is 8.34. The third kappa shape index (κ3) is 3.43. The molecule has 1 unspecified atom stereocenters. The summed E-state index contributed by atoms with van der Waals surface area (Å²) in [5, 5.41) is 8.63. The average Bonchev–Trinajstić information content (AvgIpc) is 2.99. The predicted octanol–water partition coefficient (Wildman–Crippen LogP) is 4.95. The Labute approximate surface area is 158 Å². The lowest BCUT2D eigenvalue weighted by molar-refractivity contribution is 0.120. The van der Waals surface area contributed by atoms with Crippen LogP contribution >= 0.6 is 40.0 Å². The molecule has 1 aliphatic rings. The molecule has 1 N–H and O–H groups in total. The number of rotatable bonds is 5. The zero-order valence-corrected chi connectivity index (χ0v) is 16.5. The van der Waals surface area contributed by atoms with Gasteiger partial charge in [-0.05, 0) is 71.1 Å². The second-order valence-electron chi connectivity index (χ2n) is 5.57. The molecule has 1 atom stereocenters. The Bertz CT molecular complexity index is 885. The molecule has 0 amide bonds. The van der Waals surface area contributed by atoms with Crippen molar-refractivity contribution in [2.45, 2.75) is 25.4 Å². The molecule has 1 aromatic carbocycles. The monoisotopic (exact) mass is 473 g/mol. The van der Waals surface area contributed by atoms with Crippen LogP contribution in [0.1, 0.15) is 19.3 Å². The lowest BCUT2D eigenvalue weighted by Gasteiger charge is -2.26. The van der Waals surface area contributed by atoms with Gasteiger partial charge in [0.25, 0.3) is 0 Å². The second-order valence-corrected chi connectivity index (χ2v) is 7.99. The lowest BCUT2D eigenvalue weighted by Crippen LogP contribution is -2.24. The van der Waals surface area contributed by atoms with Gasteiger partial charge >= 0.3 is 0 Å². The van der Waals surface area contributed by atoms with Gasteiger partial charge in [-0.3, -0.25) is 0 Å². The van der Waals surface area contributed by atoms with Crippen molar-refractivity contribution in [2.24, 2.45) is 0 Å². The van der Waals surface area contributed by atoms with Gasteiger partial charge in [-0.1, -0.05) is 0 Å². The molecule has 1 fully saturated rings. The smallest absolute Gasteiger partial charge is 0.224 e. The maximum atomic E-state index is 6.06. The first-order chi connectivity index (χ1) is 11.7. The molecule has 124 valence electrons. The van der Waals surface area contributed by atoms with E-state index in [2.05, 4.69) is 42.4 Å². The van der Waals surface area contributed by atoms with E-state index in [0.29, 0.717) is 18.3 Å². The van der Waals surface area contributed by atoms with Gasteiger partial charge in [-0.2, -0.15) is 10.1 Å².